The van der Waals surface area contributed by atoms with E-state index >= 15 is 0 Å². The molecule has 0 aliphatic rings. The van der Waals surface area contributed by atoms with Gasteiger partial charge in [-0.15, -0.1) is 0 Å². The van der Waals surface area contributed by atoms with Crippen molar-refractivity contribution in [2.45, 2.75) is 54.4 Å². The highest BCUT2D eigenvalue weighted by Gasteiger charge is 2.14. The number of benzene rings is 1. The van der Waals surface area contributed by atoms with Crippen LogP contribution in [0.5, 0.6) is 0 Å². The summed E-state index contributed by atoms with van der Waals surface area (Å²) in [6.45, 7) is 13.7. The molecule has 1 N–H and O–H groups in total. The first-order valence-corrected chi connectivity index (χ1v) is 7.23. The van der Waals surface area contributed by atoms with Crippen molar-refractivity contribution in [2.24, 2.45) is 10.8 Å². The number of hydrogen-bond acceptors (Lipinski definition) is 0. The Morgan fingerprint density at radius 1 is 0.842 bits per heavy atom. The molecular formula is C18H27N. The second kappa shape index (κ2) is 4.70. The quantitative estimate of drug-likeness (QED) is 0.747. The van der Waals surface area contributed by atoms with Crippen LogP contribution in [-0.2, 0) is 12.8 Å². The molecule has 19 heavy (non-hydrogen) atoms. The number of nitrogens with one attached hydrogen (secondary N) is 1. The first kappa shape index (κ1) is 14.2. The largest absolute Gasteiger partial charge is 0.358 e. The summed E-state index contributed by atoms with van der Waals surface area (Å²) < 4.78 is 0. The molecule has 0 unspecified atom stereocenters. The van der Waals surface area contributed by atoms with Crippen LogP contribution in [0.2, 0.25) is 0 Å². The molecule has 0 radical (unpaired) electrons. The van der Waals surface area contributed by atoms with E-state index in [-0.39, 0.29) is 0 Å². The van der Waals surface area contributed by atoms with Crippen LogP contribution in [0.4, 0.5) is 0 Å². The van der Waals surface area contributed by atoms with E-state index in [4.69, 9.17) is 0 Å². The summed E-state index contributed by atoms with van der Waals surface area (Å²) in [6, 6.07) is 9.12. The molecule has 0 saturated carbocycles. The van der Waals surface area contributed by atoms with E-state index in [1.54, 1.807) is 0 Å². The third-order valence-electron chi connectivity index (χ3n) is 3.20. The zero-order valence-corrected chi connectivity index (χ0v) is 13.2. The van der Waals surface area contributed by atoms with Crippen molar-refractivity contribution in [2.75, 3.05) is 0 Å². The van der Waals surface area contributed by atoms with Crippen LogP contribution in [0, 0.1) is 10.8 Å². The molecule has 0 aliphatic carbocycles. The monoisotopic (exact) mass is 257 g/mol. The molecule has 1 aromatic carbocycles. The van der Waals surface area contributed by atoms with Gasteiger partial charge < -0.3 is 4.98 Å². The van der Waals surface area contributed by atoms with Gasteiger partial charge in [-0.3, -0.25) is 0 Å². The minimum atomic E-state index is 0.328. The van der Waals surface area contributed by atoms with Crippen LogP contribution in [0.3, 0.4) is 0 Å². The van der Waals surface area contributed by atoms with Crippen molar-refractivity contribution in [3.8, 4) is 0 Å². The lowest BCUT2D eigenvalue weighted by atomic mass is 9.88. The molecule has 0 bridgehead atoms. The summed E-state index contributed by atoms with van der Waals surface area (Å²) in [5.41, 5.74) is 4.71. The van der Waals surface area contributed by atoms with Gasteiger partial charge in [-0.05, 0) is 46.8 Å². The van der Waals surface area contributed by atoms with Crippen LogP contribution in [0.25, 0.3) is 10.9 Å². The van der Waals surface area contributed by atoms with Gasteiger partial charge in [0, 0.05) is 11.2 Å². The Bertz CT molecular complexity index is 547. The van der Waals surface area contributed by atoms with Crippen LogP contribution in [-0.4, -0.2) is 4.98 Å². The van der Waals surface area contributed by atoms with Gasteiger partial charge in [-0.25, -0.2) is 0 Å². The van der Waals surface area contributed by atoms with Gasteiger partial charge in [0.05, 0.1) is 0 Å². The predicted octanol–water partition coefficient (Wildman–Crippen LogP) is 5.35. The van der Waals surface area contributed by atoms with E-state index in [1.807, 2.05) is 0 Å². The highest BCUT2D eigenvalue weighted by molar-refractivity contribution is 5.81. The lowest BCUT2D eigenvalue weighted by Crippen LogP contribution is -2.09. The molecule has 0 atom stereocenters. The SMILES string of the molecule is CC(C)(C)Cc1ccc2cc(CC(C)(C)C)[nH]c2c1. The molecule has 104 valence electrons. The molecule has 0 fully saturated rings. The van der Waals surface area contributed by atoms with E-state index in [1.165, 1.54) is 22.2 Å². The molecule has 1 heterocycles. The van der Waals surface area contributed by atoms with Gasteiger partial charge in [-0.2, -0.15) is 0 Å². The molecule has 0 aliphatic heterocycles. The molecular weight excluding hydrogens is 230 g/mol. The van der Waals surface area contributed by atoms with Crippen molar-refractivity contribution < 1.29 is 0 Å². The molecule has 1 aromatic heterocycles. The Balaban J connectivity index is 2.28. The Morgan fingerprint density at radius 2 is 1.47 bits per heavy atom. The maximum Gasteiger partial charge on any atom is 0.0458 e. The lowest BCUT2D eigenvalue weighted by molar-refractivity contribution is 0.407. The van der Waals surface area contributed by atoms with E-state index < -0.39 is 0 Å². The zero-order chi connectivity index (χ0) is 14.3. The van der Waals surface area contributed by atoms with Crippen molar-refractivity contribution in [1.82, 2.24) is 4.98 Å². The smallest absolute Gasteiger partial charge is 0.0458 e. The van der Waals surface area contributed by atoms with Crippen LogP contribution < -0.4 is 0 Å². The summed E-state index contributed by atoms with van der Waals surface area (Å²) >= 11 is 0. The maximum absolute atomic E-state index is 3.58. The van der Waals surface area contributed by atoms with Crippen LogP contribution in [0.15, 0.2) is 24.3 Å². The summed E-state index contributed by atoms with van der Waals surface area (Å²) in [5, 5.41) is 1.33. The number of rotatable bonds is 2. The van der Waals surface area contributed by atoms with Crippen molar-refractivity contribution in [3.63, 3.8) is 0 Å². The highest BCUT2D eigenvalue weighted by atomic mass is 14.7. The fourth-order valence-corrected chi connectivity index (χ4v) is 2.62. The maximum atomic E-state index is 3.58. The Labute approximate surface area is 117 Å². The van der Waals surface area contributed by atoms with Crippen LogP contribution >= 0.6 is 0 Å². The van der Waals surface area contributed by atoms with Gasteiger partial charge in [0.1, 0.15) is 0 Å². The van der Waals surface area contributed by atoms with E-state index in [0.29, 0.717) is 10.8 Å². The van der Waals surface area contributed by atoms with Crippen molar-refractivity contribution in [1.29, 1.82) is 0 Å². The normalized spacial score (nSPS) is 13.2. The molecule has 0 amide bonds. The van der Waals surface area contributed by atoms with Gasteiger partial charge in [0.15, 0.2) is 0 Å². The van der Waals surface area contributed by atoms with Gasteiger partial charge in [0.25, 0.3) is 0 Å². The van der Waals surface area contributed by atoms with Crippen molar-refractivity contribution >= 4 is 10.9 Å². The summed E-state index contributed by atoms with van der Waals surface area (Å²) in [6.07, 6.45) is 2.22. The fraction of sp³-hybridized carbons (Fsp3) is 0.556. The standard InChI is InChI=1S/C18H27N/c1-17(2,3)11-13-7-8-14-10-15(12-18(4,5)6)19-16(14)9-13/h7-10,19H,11-12H2,1-6H3. The molecule has 1 heteroatoms. The van der Waals surface area contributed by atoms with Gasteiger partial charge in [-0.1, -0.05) is 53.7 Å². The molecule has 0 saturated heterocycles. The summed E-state index contributed by atoms with van der Waals surface area (Å²) in [5.74, 6) is 0. The number of aromatic nitrogens is 1. The number of aromatic amines is 1. The predicted molar refractivity (Wildman–Crippen MR) is 84.6 cm³/mol. The second-order valence-corrected chi connectivity index (χ2v) is 8.19. The first-order chi connectivity index (χ1) is 8.62. The Morgan fingerprint density at radius 3 is 2.05 bits per heavy atom. The fourth-order valence-electron chi connectivity index (χ4n) is 2.62. The third-order valence-corrected chi connectivity index (χ3v) is 3.20. The minimum absolute atomic E-state index is 0.328. The van der Waals surface area contributed by atoms with Gasteiger partial charge >= 0.3 is 0 Å². The summed E-state index contributed by atoms with van der Waals surface area (Å²) in [7, 11) is 0. The molecule has 1 nitrogen and oxygen atoms in total. The topological polar surface area (TPSA) is 15.8 Å². The summed E-state index contributed by atoms with van der Waals surface area (Å²) in [4.78, 5) is 3.58. The highest BCUT2D eigenvalue weighted by Crippen LogP contribution is 2.26. The second-order valence-electron chi connectivity index (χ2n) is 8.19. The average molecular weight is 257 g/mol. The van der Waals surface area contributed by atoms with Crippen molar-refractivity contribution in [3.05, 3.63) is 35.5 Å². The first-order valence-electron chi connectivity index (χ1n) is 7.23. The number of hydrogen-bond donors (Lipinski definition) is 1. The van der Waals surface area contributed by atoms with E-state index in [2.05, 4.69) is 70.8 Å². The molecule has 0 spiro atoms. The van der Waals surface area contributed by atoms with Crippen LogP contribution in [0.1, 0.15) is 52.8 Å². The average Bonchev–Trinajstić information content (AvgIpc) is 2.53. The minimum Gasteiger partial charge on any atom is -0.358 e. The zero-order valence-electron chi connectivity index (χ0n) is 13.2. The lowest BCUT2D eigenvalue weighted by Gasteiger charge is -2.18. The van der Waals surface area contributed by atoms with E-state index in [0.717, 1.165) is 12.8 Å². The van der Waals surface area contributed by atoms with Gasteiger partial charge in [0.2, 0.25) is 0 Å². The Kier molecular flexibility index (Phi) is 3.51. The van der Waals surface area contributed by atoms with E-state index in [9.17, 15) is 0 Å². The molecule has 2 aromatic rings. The number of fused-ring (bicyclic) bond motifs is 1. The molecule has 2 rings (SSSR count). The third kappa shape index (κ3) is 4.12. The Hall–Kier alpha value is -1.24. The number of H-pyrrole nitrogens is 1.